The predicted octanol–water partition coefficient (Wildman–Crippen LogP) is 4.78. The number of hydrogen-bond donors (Lipinski definition) is 1. The first kappa shape index (κ1) is 25.0. The Morgan fingerprint density at radius 2 is 1.54 bits per heavy atom. The van der Waals surface area contributed by atoms with Crippen LogP contribution >= 0.6 is 0 Å². The number of urea groups is 1. The van der Waals surface area contributed by atoms with Crippen LogP contribution in [-0.4, -0.2) is 46.3 Å². The van der Waals surface area contributed by atoms with Crippen molar-refractivity contribution in [2.45, 2.75) is 65.0 Å². The fourth-order valence-electron chi connectivity index (χ4n) is 5.38. The molecule has 0 bridgehead atoms. The maximum Gasteiger partial charge on any atom is 0.325 e. The normalized spacial score (nSPS) is 22.4. The van der Waals surface area contributed by atoms with E-state index in [0.717, 1.165) is 28.9 Å². The van der Waals surface area contributed by atoms with E-state index in [4.69, 9.17) is 0 Å². The lowest BCUT2D eigenvalue weighted by Crippen LogP contribution is -2.51. The van der Waals surface area contributed by atoms with E-state index in [9.17, 15) is 14.4 Å². The van der Waals surface area contributed by atoms with Gasteiger partial charge in [0.15, 0.2) is 0 Å². The van der Waals surface area contributed by atoms with Gasteiger partial charge >= 0.3 is 6.03 Å². The summed E-state index contributed by atoms with van der Waals surface area (Å²) in [5.74, 6) is 0.0625. The zero-order chi connectivity index (χ0) is 25.1. The average Bonchev–Trinajstić information content (AvgIpc) is 3.06. The van der Waals surface area contributed by atoms with Gasteiger partial charge in [-0.2, -0.15) is 0 Å². The van der Waals surface area contributed by atoms with E-state index in [1.165, 1.54) is 0 Å². The highest BCUT2D eigenvalue weighted by Crippen LogP contribution is 2.43. The SMILES string of the molecule is CC(C)(C)C1CCC2(CC1)NC(=O)N(CC(=O)N(CCc1ccccc1)Cc1ccccc1)C2=O. The Labute approximate surface area is 208 Å². The summed E-state index contributed by atoms with van der Waals surface area (Å²) in [6.07, 6.45) is 3.76. The number of nitrogens with zero attached hydrogens (tertiary/aromatic N) is 2. The number of carbonyl (C=O) groups is 3. The molecule has 1 saturated heterocycles. The van der Waals surface area contributed by atoms with Crippen LogP contribution in [0.25, 0.3) is 0 Å². The Balaban J connectivity index is 1.44. The number of rotatable bonds is 7. The highest BCUT2D eigenvalue weighted by atomic mass is 16.2. The molecule has 1 aliphatic carbocycles. The highest BCUT2D eigenvalue weighted by molar-refractivity contribution is 6.09. The molecule has 6 nitrogen and oxygen atoms in total. The van der Waals surface area contributed by atoms with Crippen LogP contribution in [0.5, 0.6) is 0 Å². The van der Waals surface area contributed by atoms with Crippen LogP contribution in [0.2, 0.25) is 0 Å². The molecule has 1 heterocycles. The molecule has 4 rings (SSSR count). The monoisotopic (exact) mass is 475 g/mol. The molecule has 2 aromatic rings. The lowest BCUT2D eigenvalue weighted by molar-refractivity contribution is -0.140. The molecule has 2 aromatic carbocycles. The largest absolute Gasteiger partial charge is 0.336 e. The zero-order valence-electron chi connectivity index (χ0n) is 21.1. The van der Waals surface area contributed by atoms with E-state index in [0.29, 0.717) is 38.3 Å². The van der Waals surface area contributed by atoms with Crippen LogP contribution in [0, 0.1) is 11.3 Å². The first-order valence-electron chi connectivity index (χ1n) is 12.7. The predicted molar refractivity (Wildman–Crippen MR) is 136 cm³/mol. The second-order valence-corrected chi connectivity index (χ2v) is 11.1. The van der Waals surface area contributed by atoms with Gasteiger partial charge in [-0.3, -0.25) is 14.5 Å². The van der Waals surface area contributed by atoms with Crippen molar-refractivity contribution in [3.63, 3.8) is 0 Å². The molecule has 1 saturated carbocycles. The number of nitrogens with one attached hydrogen (secondary N) is 1. The Morgan fingerprint density at radius 3 is 2.11 bits per heavy atom. The Hall–Kier alpha value is -3.15. The van der Waals surface area contributed by atoms with E-state index in [1.54, 1.807) is 4.90 Å². The summed E-state index contributed by atoms with van der Waals surface area (Å²) in [7, 11) is 0. The van der Waals surface area contributed by atoms with Crippen LogP contribution in [0.4, 0.5) is 4.79 Å². The van der Waals surface area contributed by atoms with Crippen molar-refractivity contribution in [3.05, 3.63) is 71.8 Å². The third-order valence-electron chi connectivity index (χ3n) is 7.69. The van der Waals surface area contributed by atoms with Gasteiger partial charge < -0.3 is 10.2 Å². The zero-order valence-corrected chi connectivity index (χ0v) is 21.1. The summed E-state index contributed by atoms with van der Waals surface area (Å²) in [5.41, 5.74) is 1.48. The summed E-state index contributed by atoms with van der Waals surface area (Å²) >= 11 is 0. The molecular formula is C29H37N3O3. The number of benzene rings is 2. The molecule has 1 N–H and O–H groups in total. The fourth-order valence-corrected chi connectivity index (χ4v) is 5.38. The van der Waals surface area contributed by atoms with Gasteiger partial charge in [0.05, 0.1) is 0 Å². The lowest BCUT2D eigenvalue weighted by Gasteiger charge is -2.40. The minimum absolute atomic E-state index is 0.180. The molecular weight excluding hydrogens is 438 g/mol. The maximum absolute atomic E-state index is 13.4. The maximum atomic E-state index is 13.4. The molecule has 4 amide bonds. The number of hydrogen-bond acceptors (Lipinski definition) is 3. The minimum Gasteiger partial charge on any atom is -0.336 e. The number of amides is 4. The van der Waals surface area contributed by atoms with Gasteiger partial charge in [0.2, 0.25) is 5.91 Å². The van der Waals surface area contributed by atoms with Gasteiger partial charge in [0.1, 0.15) is 12.1 Å². The Bertz CT molecular complexity index is 1040. The van der Waals surface area contributed by atoms with E-state index in [1.807, 2.05) is 60.7 Å². The summed E-state index contributed by atoms with van der Waals surface area (Å²) in [6, 6.07) is 19.4. The molecule has 2 aliphatic rings. The second kappa shape index (κ2) is 10.2. The van der Waals surface area contributed by atoms with E-state index in [-0.39, 0.29) is 23.8 Å². The minimum atomic E-state index is -0.854. The first-order valence-corrected chi connectivity index (χ1v) is 12.7. The molecule has 1 aliphatic heterocycles. The molecule has 1 spiro atoms. The van der Waals surface area contributed by atoms with Crippen LogP contribution in [0.3, 0.4) is 0 Å². The molecule has 186 valence electrons. The Kier molecular flexibility index (Phi) is 7.29. The number of carbonyl (C=O) groups excluding carboxylic acids is 3. The van der Waals surface area contributed by atoms with E-state index < -0.39 is 11.6 Å². The topological polar surface area (TPSA) is 69.7 Å². The third-order valence-corrected chi connectivity index (χ3v) is 7.69. The van der Waals surface area contributed by atoms with Crippen molar-refractivity contribution in [1.29, 1.82) is 0 Å². The van der Waals surface area contributed by atoms with Gasteiger partial charge in [0.25, 0.3) is 5.91 Å². The quantitative estimate of drug-likeness (QED) is 0.586. The van der Waals surface area contributed by atoms with Crippen molar-refractivity contribution in [2.75, 3.05) is 13.1 Å². The molecule has 0 unspecified atom stereocenters. The molecule has 6 heteroatoms. The number of imide groups is 1. The van der Waals surface area contributed by atoms with Gasteiger partial charge in [0, 0.05) is 13.1 Å². The standard InChI is InChI=1S/C29H37N3O3/c1-28(2,3)24-14-17-29(18-15-24)26(34)32(27(35)30-29)21-25(33)31(20-23-12-8-5-9-13-23)19-16-22-10-6-4-7-11-22/h4-13,24H,14-21H2,1-3H3,(H,30,35). The third kappa shape index (κ3) is 5.75. The van der Waals surface area contributed by atoms with Crippen LogP contribution in [0.15, 0.2) is 60.7 Å². The summed E-state index contributed by atoms with van der Waals surface area (Å²) in [5, 5.41) is 2.96. The van der Waals surface area contributed by atoms with Gasteiger partial charge in [-0.1, -0.05) is 81.4 Å². The van der Waals surface area contributed by atoms with Crippen molar-refractivity contribution in [2.24, 2.45) is 11.3 Å². The summed E-state index contributed by atoms with van der Waals surface area (Å²) in [4.78, 5) is 42.6. The van der Waals surface area contributed by atoms with Crippen molar-refractivity contribution < 1.29 is 14.4 Å². The molecule has 2 fully saturated rings. The van der Waals surface area contributed by atoms with Gasteiger partial charge in [-0.15, -0.1) is 0 Å². The molecule has 35 heavy (non-hydrogen) atoms. The van der Waals surface area contributed by atoms with Crippen molar-refractivity contribution in [3.8, 4) is 0 Å². The summed E-state index contributed by atoms with van der Waals surface area (Å²) in [6.45, 7) is 7.41. The van der Waals surface area contributed by atoms with Crippen LogP contribution in [-0.2, 0) is 22.6 Å². The van der Waals surface area contributed by atoms with Crippen molar-refractivity contribution in [1.82, 2.24) is 15.1 Å². The average molecular weight is 476 g/mol. The van der Waals surface area contributed by atoms with Crippen molar-refractivity contribution >= 4 is 17.8 Å². The highest BCUT2D eigenvalue weighted by Gasteiger charge is 2.53. The smallest absolute Gasteiger partial charge is 0.325 e. The molecule has 0 radical (unpaired) electrons. The van der Waals surface area contributed by atoms with Crippen LogP contribution in [0.1, 0.15) is 57.6 Å². The molecule has 0 aromatic heterocycles. The summed E-state index contributed by atoms with van der Waals surface area (Å²) < 4.78 is 0. The fraction of sp³-hybridized carbons (Fsp3) is 0.483. The van der Waals surface area contributed by atoms with Gasteiger partial charge in [-0.05, 0) is 54.6 Å². The lowest BCUT2D eigenvalue weighted by atomic mass is 9.67. The van der Waals surface area contributed by atoms with E-state index in [2.05, 4.69) is 26.1 Å². The first-order chi connectivity index (χ1) is 16.7. The van der Waals surface area contributed by atoms with Gasteiger partial charge in [-0.25, -0.2) is 4.79 Å². The van der Waals surface area contributed by atoms with Crippen LogP contribution < -0.4 is 5.32 Å². The Morgan fingerprint density at radius 1 is 0.971 bits per heavy atom. The molecule has 0 atom stereocenters. The van der Waals surface area contributed by atoms with E-state index >= 15 is 0 Å². The second-order valence-electron chi connectivity index (χ2n) is 11.1.